The number of hydrogen-bond acceptors (Lipinski definition) is 6. The molecule has 3 aromatic rings. The molecule has 1 aromatic carbocycles. The highest BCUT2D eigenvalue weighted by Gasteiger charge is 2.30. The van der Waals surface area contributed by atoms with Crippen LogP contribution >= 0.6 is 0 Å². The fraction of sp³-hybridized carbons (Fsp3) is 0.421. The van der Waals surface area contributed by atoms with Gasteiger partial charge in [-0.3, -0.25) is 4.79 Å². The van der Waals surface area contributed by atoms with Crippen molar-refractivity contribution in [3.63, 3.8) is 0 Å². The van der Waals surface area contributed by atoms with Gasteiger partial charge in [0.2, 0.25) is 0 Å². The molecule has 1 aliphatic carbocycles. The number of oxazole rings is 1. The molecule has 0 N–H and O–H groups in total. The largest absolute Gasteiger partial charge is 0.445 e. The molecule has 0 spiro atoms. The summed E-state index contributed by atoms with van der Waals surface area (Å²) >= 11 is 0. The van der Waals surface area contributed by atoms with Gasteiger partial charge in [-0.1, -0.05) is 18.6 Å². The van der Waals surface area contributed by atoms with Gasteiger partial charge in [0.1, 0.15) is 17.8 Å². The maximum Gasteiger partial charge on any atom is 0.254 e. The van der Waals surface area contributed by atoms with Gasteiger partial charge in [0.05, 0.1) is 13.1 Å². The van der Waals surface area contributed by atoms with Crippen molar-refractivity contribution >= 4 is 5.91 Å². The third-order valence-corrected chi connectivity index (χ3v) is 5.42. The zero-order valence-corrected chi connectivity index (χ0v) is 14.9. The summed E-state index contributed by atoms with van der Waals surface area (Å²) in [5.74, 6) is 2.33. The first-order valence-corrected chi connectivity index (χ1v) is 9.34. The molecule has 0 unspecified atom stereocenters. The number of nitrogens with zero attached hydrogens (tertiary/aromatic N) is 6. The Kier molecular flexibility index (Phi) is 3.95. The van der Waals surface area contributed by atoms with Crippen LogP contribution in [0.2, 0.25) is 0 Å². The number of rotatable bonds is 4. The second kappa shape index (κ2) is 6.61. The van der Waals surface area contributed by atoms with E-state index in [1.807, 2.05) is 29.2 Å². The molecular weight excluding hydrogens is 344 g/mol. The average molecular weight is 364 g/mol. The predicted molar refractivity (Wildman–Crippen MR) is 94.9 cm³/mol. The van der Waals surface area contributed by atoms with E-state index in [-0.39, 0.29) is 5.91 Å². The van der Waals surface area contributed by atoms with E-state index in [0.29, 0.717) is 31.1 Å². The summed E-state index contributed by atoms with van der Waals surface area (Å²) in [6, 6.07) is 7.60. The molecule has 2 aliphatic rings. The van der Waals surface area contributed by atoms with Gasteiger partial charge in [0, 0.05) is 24.4 Å². The molecule has 1 fully saturated rings. The lowest BCUT2D eigenvalue weighted by Crippen LogP contribution is -2.35. The van der Waals surface area contributed by atoms with Gasteiger partial charge in [-0.2, -0.15) is 0 Å². The molecule has 27 heavy (non-hydrogen) atoms. The van der Waals surface area contributed by atoms with Gasteiger partial charge in [-0.05, 0) is 41.0 Å². The van der Waals surface area contributed by atoms with E-state index in [9.17, 15) is 4.79 Å². The number of aromatic nitrogens is 5. The van der Waals surface area contributed by atoms with Crippen LogP contribution in [-0.4, -0.2) is 42.5 Å². The fourth-order valence-corrected chi connectivity index (χ4v) is 3.60. The van der Waals surface area contributed by atoms with Crippen LogP contribution in [0.15, 0.2) is 35.0 Å². The monoisotopic (exact) mass is 364 g/mol. The minimum atomic E-state index is 0.0304. The Morgan fingerprint density at radius 2 is 2.07 bits per heavy atom. The lowest BCUT2D eigenvalue weighted by molar-refractivity contribution is 0.0728. The average Bonchev–Trinajstić information content (AvgIpc) is 3.29. The zero-order valence-electron chi connectivity index (χ0n) is 14.9. The Bertz CT molecular complexity index is 943. The molecular formula is C19H20N6O2. The van der Waals surface area contributed by atoms with Crippen molar-refractivity contribution in [2.75, 3.05) is 6.54 Å². The van der Waals surface area contributed by atoms with Crippen LogP contribution in [0.25, 0.3) is 0 Å². The van der Waals surface area contributed by atoms with Crippen LogP contribution in [0.3, 0.4) is 0 Å². The Labute approximate surface area is 156 Å². The highest BCUT2D eigenvalue weighted by atomic mass is 16.4. The Balaban J connectivity index is 1.27. The molecule has 1 aliphatic heterocycles. The minimum Gasteiger partial charge on any atom is -0.445 e. The number of benzene rings is 1. The summed E-state index contributed by atoms with van der Waals surface area (Å²) < 4.78 is 7.59. The van der Waals surface area contributed by atoms with Crippen molar-refractivity contribution in [2.45, 2.75) is 44.7 Å². The maximum atomic E-state index is 12.9. The first kappa shape index (κ1) is 16.2. The van der Waals surface area contributed by atoms with Gasteiger partial charge in [0.25, 0.3) is 5.91 Å². The van der Waals surface area contributed by atoms with Gasteiger partial charge < -0.3 is 9.32 Å². The molecule has 1 amide bonds. The Hall–Kier alpha value is -3.03. The third-order valence-electron chi connectivity index (χ3n) is 5.42. The van der Waals surface area contributed by atoms with Crippen molar-refractivity contribution < 1.29 is 9.21 Å². The summed E-state index contributed by atoms with van der Waals surface area (Å²) in [5, 5.41) is 11.1. The van der Waals surface area contributed by atoms with E-state index < -0.39 is 0 Å². The number of hydrogen-bond donors (Lipinski definition) is 0. The molecule has 5 rings (SSSR count). The number of fused-ring (bicyclic) bond motifs is 1. The first-order valence-electron chi connectivity index (χ1n) is 9.34. The van der Waals surface area contributed by atoms with Crippen molar-refractivity contribution in [1.29, 1.82) is 0 Å². The smallest absolute Gasteiger partial charge is 0.254 e. The van der Waals surface area contributed by atoms with Crippen LogP contribution < -0.4 is 0 Å². The highest BCUT2D eigenvalue weighted by molar-refractivity contribution is 5.94. The Morgan fingerprint density at radius 1 is 1.22 bits per heavy atom. The van der Waals surface area contributed by atoms with Gasteiger partial charge in [0.15, 0.2) is 5.89 Å². The normalized spacial score (nSPS) is 16.8. The number of amides is 1. The van der Waals surface area contributed by atoms with Crippen molar-refractivity contribution in [2.24, 2.45) is 0 Å². The molecule has 0 saturated heterocycles. The van der Waals surface area contributed by atoms with Crippen molar-refractivity contribution in [1.82, 2.24) is 30.1 Å². The molecule has 8 heteroatoms. The molecule has 138 valence electrons. The summed E-state index contributed by atoms with van der Waals surface area (Å²) in [4.78, 5) is 19.4. The topological polar surface area (TPSA) is 89.9 Å². The molecule has 0 bridgehead atoms. The van der Waals surface area contributed by atoms with E-state index in [4.69, 9.17) is 4.42 Å². The van der Waals surface area contributed by atoms with Crippen LogP contribution in [-0.2, 0) is 19.5 Å². The quantitative estimate of drug-likeness (QED) is 0.705. The first-order chi connectivity index (χ1) is 13.3. The second-order valence-electron chi connectivity index (χ2n) is 7.23. The summed E-state index contributed by atoms with van der Waals surface area (Å²) in [6.45, 7) is 1.77. The summed E-state index contributed by atoms with van der Waals surface area (Å²) in [7, 11) is 0. The second-order valence-corrected chi connectivity index (χ2v) is 7.23. The highest BCUT2D eigenvalue weighted by Crippen LogP contribution is 2.37. The number of carbonyl (C=O) groups excluding carboxylic acids is 1. The zero-order chi connectivity index (χ0) is 18.2. The predicted octanol–water partition coefficient (Wildman–Crippen LogP) is 2.18. The van der Waals surface area contributed by atoms with Crippen LogP contribution in [0.4, 0.5) is 0 Å². The molecule has 8 nitrogen and oxygen atoms in total. The van der Waals surface area contributed by atoms with E-state index >= 15 is 0 Å². The third kappa shape index (κ3) is 3.11. The van der Waals surface area contributed by atoms with Crippen LogP contribution in [0.1, 0.15) is 58.4 Å². The van der Waals surface area contributed by atoms with Gasteiger partial charge in [-0.15, -0.1) is 5.10 Å². The molecule has 0 atom stereocenters. The maximum absolute atomic E-state index is 12.9. The lowest BCUT2D eigenvalue weighted by atomic mass is 9.85. The van der Waals surface area contributed by atoms with Gasteiger partial charge in [-0.25, -0.2) is 9.67 Å². The molecule has 0 radical (unpaired) electrons. The molecule has 3 heterocycles. The van der Waals surface area contributed by atoms with E-state index in [0.717, 1.165) is 29.3 Å². The van der Waals surface area contributed by atoms with Crippen LogP contribution in [0.5, 0.6) is 0 Å². The Morgan fingerprint density at radius 3 is 2.78 bits per heavy atom. The molecule has 2 aromatic heterocycles. The van der Waals surface area contributed by atoms with Crippen molar-refractivity contribution in [3.8, 4) is 0 Å². The number of carbonyl (C=O) groups is 1. The standard InChI is InChI=1S/C19H20N6O2/c26-19(15-6-4-13(5-7-15)10-25-12-20-22-23-25)24-9-8-17-16(11-24)21-18(27-17)14-2-1-3-14/h4-7,12,14H,1-3,8-11H2. The molecule has 1 saturated carbocycles. The lowest BCUT2D eigenvalue weighted by Gasteiger charge is -2.25. The van der Waals surface area contributed by atoms with Crippen LogP contribution in [0, 0.1) is 0 Å². The van der Waals surface area contributed by atoms with E-state index in [1.165, 1.54) is 19.3 Å². The summed E-state index contributed by atoms with van der Waals surface area (Å²) in [5.41, 5.74) is 2.65. The fourth-order valence-electron chi connectivity index (χ4n) is 3.60. The number of tetrazole rings is 1. The van der Waals surface area contributed by atoms with E-state index in [2.05, 4.69) is 20.5 Å². The SMILES string of the molecule is O=C(c1ccc(Cn2cnnn2)cc1)N1CCc2oc(C3CCC3)nc2C1. The van der Waals surface area contributed by atoms with Gasteiger partial charge >= 0.3 is 0 Å². The summed E-state index contributed by atoms with van der Waals surface area (Å²) in [6.07, 6.45) is 5.89. The van der Waals surface area contributed by atoms with E-state index in [1.54, 1.807) is 11.0 Å². The minimum absolute atomic E-state index is 0.0304. The van der Waals surface area contributed by atoms with Crippen molar-refractivity contribution in [3.05, 3.63) is 59.1 Å².